The summed E-state index contributed by atoms with van der Waals surface area (Å²) in [5.74, 6) is 0. The van der Waals surface area contributed by atoms with Crippen LogP contribution in [0.15, 0.2) is 60.2 Å². The van der Waals surface area contributed by atoms with Gasteiger partial charge >= 0.3 is 0 Å². The average Bonchev–Trinajstić information content (AvgIpc) is 2.69. The van der Waals surface area contributed by atoms with E-state index in [2.05, 4.69) is 54.6 Å². The van der Waals surface area contributed by atoms with Gasteiger partial charge in [-0.15, -0.1) is 0 Å². The Hall–Kier alpha value is -1.56. The van der Waals surface area contributed by atoms with Gasteiger partial charge in [-0.25, -0.2) is 0 Å². The molecule has 0 nitrogen and oxygen atoms in total. The van der Waals surface area contributed by atoms with Gasteiger partial charge in [0.1, 0.15) is 0 Å². The smallest absolute Gasteiger partial charge is 0.00943 e. The normalized spacial score (nSPS) is 15.2. The lowest BCUT2D eigenvalue weighted by molar-refractivity contribution is 1.34. The van der Waals surface area contributed by atoms with Gasteiger partial charge in [-0.2, -0.15) is 0 Å². The van der Waals surface area contributed by atoms with E-state index in [0.717, 1.165) is 6.42 Å². The van der Waals surface area contributed by atoms with Crippen LogP contribution in [0.25, 0.3) is 6.08 Å². The summed E-state index contributed by atoms with van der Waals surface area (Å²) < 4.78 is 0. The van der Waals surface area contributed by atoms with E-state index in [4.69, 9.17) is 0 Å². The highest BCUT2D eigenvalue weighted by Crippen LogP contribution is 2.13. The van der Waals surface area contributed by atoms with Gasteiger partial charge in [-0.05, 0) is 17.6 Å². The molecule has 0 radical (unpaired) electrons. The molecule has 1 aromatic rings. The molecule has 1 aliphatic carbocycles. The van der Waals surface area contributed by atoms with Crippen molar-refractivity contribution in [2.75, 3.05) is 0 Å². The topological polar surface area (TPSA) is 0 Å². The van der Waals surface area contributed by atoms with Crippen LogP contribution >= 0.6 is 0 Å². The van der Waals surface area contributed by atoms with Crippen LogP contribution < -0.4 is 0 Å². The highest BCUT2D eigenvalue weighted by Gasteiger charge is 1.92. The zero-order valence-electron chi connectivity index (χ0n) is 7.48. The maximum absolute atomic E-state index is 2.18. The third-order valence-corrected chi connectivity index (χ3v) is 2.09. The first kappa shape index (κ1) is 8.06. The molecule has 64 valence electrons. The lowest BCUT2D eigenvalue weighted by Crippen LogP contribution is -1.71. The SMILES string of the molecule is C1=CCC(/C=C/c2ccccc2)=C1. The Morgan fingerprint density at radius 1 is 1.00 bits per heavy atom. The van der Waals surface area contributed by atoms with Crippen molar-refractivity contribution in [1.82, 2.24) is 0 Å². The molecule has 0 saturated heterocycles. The molecule has 13 heavy (non-hydrogen) atoms. The van der Waals surface area contributed by atoms with Crippen LogP contribution in [0.1, 0.15) is 12.0 Å². The van der Waals surface area contributed by atoms with Crippen molar-refractivity contribution in [3.8, 4) is 0 Å². The minimum Gasteiger partial charge on any atom is -0.0801 e. The molecule has 0 spiro atoms. The molecule has 0 heteroatoms. The molecule has 0 fully saturated rings. The first-order valence-electron chi connectivity index (χ1n) is 4.54. The van der Waals surface area contributed by atoms with Crippen molar-refractivity contribution in [2.45, 2.75) is 6.42 Å². The van der Waals surface area contributed by atoms with E-state index in [9.17, 15) is 0 Å². The number of hydrogen-bond donors (Lipinski definition) is 0. The molecule has 0 heterocycles. The Labute approximate surface area is 78.9 Å². The van der Waals surface area contributed by atoms with Crippen molar-refractivity contribution in [3.05, 3.63) is 65.8 Å². The quantitative estimate of drug-likeness (QED) is 0.633. The Morgan fingerprint density at radius 3 is 2.54 bits per heavy atom. The fourth-order valence-electron chi connectivity index (χ4n) is 1.35. The highest BCUT2D eigenvalue weighted by atomic mass is 14.0. The monoisotopic (exact) mass is 168 g/mol. The second-order valence-electron chi connectivity index (χ2n) is 3.12. The number of hydrogen-bond acceptors (Lipinski definition) is 0. The van der Waals surface area contributed by atoms with Gasteiger partial charge in [0.25, 0.3) is 0 Å². The van der Waals surface area contributed by atoms with Crippen molar-refractivity contribution in [1.29, 1.82) is 0 Å². The molecular weight excluding hydrogens is 156 g/mol. The summed E-state index contributed by atoms with van der Waals surface area (Å²) in [6.45, 7) is 0. The fraction of sp³-hybridized carbons (Fsp3) is 0.0769. The maximum Gasteiger partial charge on any atom is -0.00943 e. The Balaban J connectivity index is 2.06. The zero-order chi connectivity index (χ0) is 8.93. The standard InChI is InChI=1S/C13H12/c1-2-6-12(7-3-1)10-11-13-8-4-5-9-13/h1-8,10-11H,9H2/b11-10+. The molecule has 0 aliphatic heterocycles. The van der Waals surface area contributed by atoms with Crippen LogP contribution in [0.5, 0.6) is 0 Å². The third-order valence-electron chi connectivity index (χ3n) is 2.09. The van der Waals surface area contributed by atoms with Crippen LogP contribution in [0, 0.1) is 0 Å². The summed E-state index contributed by atoms with van der Waals surface area (Å²) in [4.78, 5) is 0. The molecule has 0 aromatic heterocycles. The average molecular weight is 168 g/mol. The molecule has 0 saturated carbocycles. The van der Waals surface area contributed by atoms with Gasteiger partial charge < -0.3 is 0 Å². The number of benzene rings is 1. The lowest BCUT2D eigenvalue weighted by atomic mass is 10.1. The van der Waals surface area contributed by atoms with E-state index in [1.807, 2.05) is 6.07 Å². The van der Waals surface area contributed by atoms with Crippen LogP contribution in [0.3, 0.4) is 0 Å². The lowest BCUT2D eigenvalue weighted by Gasteiger charge is -1.92. The van der Waals surface area contributed by atoms with E-state index >= 15 is 0 Å². The van der Waals surface area contributed by atoms with E-state index in [0.29, 0.717) is 0 Å². The maximum atomic E-state index is 2.18. The molecule has 0 bridgehead atoms. The molecule has 2 rings (SSSR count). The predicted molar refractivity (Wildman–Crippen MR) is 57.3 cm³/mol. The Morgan fingerprint density at radius 2 is 1.85 bits per heavy atom. The van der Waals surface area contributed by atoms with E-state index in [-0.39, 0.29) is 0 Å². The van der Waals surface area contributed by atoms with Crippen molar-refractivity contribution in [2.24, 2.45) is 0 Å². The minimum absolute atomic E-state index is 1.07. The molecule has 1 aliphatic rings. The summed E-state index contributed by atoms with van der Waals surface area (Å²) >= 11 is 0. The Kier molecular flexibility index (Phi) is 2.42. The van der Waals surface area contributed by atoms with Crippen LogP contribution in [-0.4, -0.2) is 0 Å². The van der Waals surface area contributed by atoms with Crippen LogP contribution in [0.2, 0.25) is 0 Å². The first-order valence-corrected chi connectivity index (χ1v) is 4.54. The third kappa shape index (κ3) is 2.19. The van der Waals surface area contributed by atoms with Crippen LogP contribution in [0.4, 0.5) is 0 Å². The first-order chi connectivity index (χ1) is 6.45. The van der Waals surface area contributed by atoms with Gasteiger partial charge in [-0.3, -0.25) is 0 Å². The van der Waals surface area contributed by atoms with Crippen molar-refractivity contribution < 1.29 is 0 Å². The fourth-order valence-corrected chi connectivity index (χ4v) is 1.35. The van der Waals surface area contributed by atoms with Crippen LogP contribution in [-0.2, 0) is 0 Å². The van der Waals surface area contributed by atoms with Gasteiger partial charge in [0.15, 0.2) is 0 Å². The Bertz CT molecular complexity index is 353. The highest BCUT2D eigenvalue weighted by molar-refractivity contribution is 5.53. The van der Waals surface area contributed by atoms with Crippen molar-refractivity contribution in [3.63, 3.8) is 0 Å². The second kappa shape index (κ2) is 3.90. The molecule has 0 amide bonds. The van der Waals surface area contributed by atoms with E-state index in [1.165, 1.54) is 11.1 Å². The molecule has 0 atom stereocenters. The second-order valence-corrected chi connectivity index (χ2v) is 3.12. The van der Waals surface area contributed by atoms with E-state index in [1.54, 1.807) is 0 Å². The summed E-state index contributed by atoms with van der Waals surface area (Å²) in [6, 6.07) is 10.4. The summed E-state index contributed by atoms with van der Waals surface area (Å²) in [7, 11) is 0. The summed E-state index contributed by atoms with van der Waals surface area (Å²) in [6.07, 6.45) is 11.8. The van der Waals surface area contributed by atoms with Crippen molar-refractivity contribution >= 4 is 6.08 Å². The zero-order valence-corrected chi connectivity index (χ0v) is 7.48. The largest absolute Gasteiger partial charge is 0.0801 e. The molecule has 0 unspecified atom stereocenters. The number of allylic oxidation sites excluding steroid dienone is 5. The predicted octanol–water partition coefficient (Wildman–Crippen LogP) is 3.59. The number of rotatable bonds is 2. The van der Waals surface area contributed by atoms with Gasteiger partial charge in [0, 0.05) is 0 Å². The summed E-state index contributed by atoms with van der Waals surface area (Å²) in [5, 5.41) is 0. The van der Waals surface area contributed by atoms with Gasteiger partial charge in [0.2, 0.25) is 0 Å². The summed E-state index contributed by atoms with van der Waals surface area (Å²) in [5.41, 5.74) is 2.64. The minimum atomic E-state index is 1.07. The van der Waals surface area contributed by atoms with Gasteiger partial charge in [-0.1, -0.05) is 60.7 Å². The molecule has 0 N–H and O–H groups in total. The molecular formula is C13H12. The van der Waals surface area contributed by atoms with E-state index < -0.39 is 0 Å². The van der Waals surface area contributed by atoms with Gasteiger partial charge in [0.05, 0.1) is 0 Å². The molecule has 1 aromatic carbocycles.